The van der Waals surface area contributed by atoms with Crippen molar-refractivity contribution >= 4 is 0 Å². The van der Waals surface area contributed by atoms with Gasteiger partial charge in [0.15, 0.2) is 0 Å². The molecule has 92 valence electrons. The van der Waals surface area contributed by atoms with Gasteiger partial charge in [-0.1, -0.05) is 11.6 Å². The predicted molar refractivity (Wildman–Crippen MR) is 72.0 cm³/mol. The van der Waals surface area contributed by atoms with Crippen LogP contribution in [0.3, 0.4) is 0 Å². The topological polar surface area (TPSA) is 24.9 Å². The van der Waals surface area contributed by atoms with Crippen molar-refractivity contribution in [2.75, 3.05) is 13.1 Å². The monoisotopic (exact) mass is 230 g/mol. The van der Waals surface area contributed by atoms with Crippen LogP contribution in [0.1, 0.15) is 37.7 Å². The first-order valence-corrected chi connectivity index (χ1v) is 6.73. The minimum Gasteiger partial charge on any atom is -0.316 e. The van der Waals surface area contributed by atoms with Crippen molar-refractivity contribution in [1.29, 1.82) is 0 Å². The fourth-order valence-corrected chi connectivity index (χ4v) is 2.29. The summed E-state index contributed by atoms with van der Waals surface area (Å²) in [5.41, 5.74) is 3.03. The van der Waals surface area contributed by atoms with E-state index in [9.17, 15) is 0 Å². The lowest BCUT2D eigenvalue weighted by atomic mass is 9.97. The van der Waals surface area contributed by atoms with E-state index in [0.717, 1.165) is 19.5 Å². The van der Waals surface area contributed by atoms with Gasteiger partial charge >= 0.3 is 0 Å². The molecule has 0 fully saturated rings. The first-order chi connectivity index (χ1) is 8.45. The summed E-state index contributed by atoms with van der Waals surface area (Å²) in [7, 11) is 0. The van der Waals surface area contributed by atoms with Crippen molar-refractivity contribution in [2.45, 2.75) is 38.5 Å². The zero-order valence-corrected chi connectivity index (χ0v) is 10.5. The van der Waals surface area contributed by atoms with Crippen molar-refractivity contribution in [3.8, 4) is 0 Å². The summed E-state index contributed by atoms with van der Waals surface area (Å²) < 4.78 is 0. The van der Waals surface area contributed by atoms with E-state index in [4.69, 9.17) is 0 Å². The molecule has 0 saturated carbocycles. The largest absolute Gasteiger partial charge is 0.316 e. The van der Waals surface area contributed by atoms with Crippen molar-refractivity contribution in [2.24, 2.45) is 0 Å². The molecule has 1 heterocycles. The fourth-order valence-electron chi connectivity index (χ4n) is 2.29. The van der Waals surface area contributed by atoms with Crippen LogP contribution < -0.4 is 5.32 Å². The van der Waals surface area contributed by atoms with Gasteiger partial charge in [-0.3, -0.25) is 4.98 Å². The molecule has 0 atom stereocenters. The van der Waals surface area contributed by atoms with Crippen LogP contribution in [-0.2, 0) is 6.42 Å². The lowest BCUT2D eigenvalue weighted by Crippen LogP contribution is -2.19. The van der Waals surface area contributed by atoms with Crippen molar-refractivity contribution in [3.05, 3.63) is 41.7 Å². The van der Waals surface area contributed by atoms with Gasteiger partial charge in [0.1, 0.15) is 0 Å². The maximum absolute atomic E-state index is 4.02. The van der Waals surface area contributed by atoms with Gasteiger partial charge in [-0.15, -0.1) is 0 Å². The van der Waals surface area contributed by atoms with Crippen LogP contribution in [0.15, 0.2) is 36.2 Å². The molecule has 0 aromatic carbocycles. The summed E-state index contributed by atoms with van der Waals surface area (Å²) in [5, 5.41) is 3.52. The van der Waals surface area contributed by atoms with Gasteiger partial charge in [0, 0.05) is 12.4 Å². The average molecular weight is 230 g/mol. The molecule has 0 saturated heterocycles. The maximum Gasteiger partial charge on any atom is 0.0270 e. The van der Waals surface area contributed by atoms with Crippen LogP contribution in [0.2, 0.25) is 0 Å². The Morgan fingerprint density at radius 3 is 2.65 bits per heavy atom. The average Bonchev–Trinajstić information content (AvgIpc) is 2.41. The standard InChI is InChI=1S/C15H22N2/c1-2-4-14(5-3-1)6-10-16-11-7-15-8-12-17-13-9-15/h4,8-9,12-13,16H,1-3,5-7,10-11H2. The molecule has 1 aliphatic rings. The number of nitrogens with one attached hydrogen (secondary N) is 1. The van der Waals surface area contributed by atoms with Crippen molar-refractivity contribution in [1.82, 2.24) is 10.3 Å². The van der Waals surface area contributed by atoms with Crippen LogP contribution in [0.4, 0.5) is 0 Å². The van der Waals surface area contributed by atoms with Crippen LogP contribution >= 0.6 is 0 Å². The molecule has 2 heteroatoms. The van der Waals surface area contributed by atoms with E-state index in [1.165, 1.54) is 37.7 Å². The maximum atomic E-state index is 4.02. The molecular formula is C15H22N2. The van der Waals surface area contributed by atoms with Crippen LogP contribution in [0.5, 0.6) is 0 Å². The van der Waals surface area contributed by atoms with Crippen molar-refractivity contribution in [3.63, 3.8) is 0 Å². The zero-order chi connectivity index (χ0) is 11.8. The first-order valence-electron chi connectivity index (χ1n) is 6.73. The number of hydrogen-bond donors (Lipinski definition) is 1. The van der Waals surface area contributed by atoms with Gasteiger partial charge in [0.05, 0.1) is 0 Å². The number of rotatable bonds is 6. The summed E-state index contributed by atoms with van der Waals surface area (Å²) in [6.07, 6.45) is 13.9. The molecule has 2 nitrogen and oxygen atoms in total. The second-order valence-electron chi connectivity index (χ2n) is 4.71. The molecule has 1 N–H and O–H groups in total. The van der Waals surface area contributed by atoms with E-state index in [0.29, 0.717) is 0 Å². The Balaban J connectivity index is 1.56. The zero-order valence-electron chi connectivity index (χ0n) is 10.5. The molecule has 0 spiro atoms. The first kappa shape index (κ1) is 12.3. The third-order valence-electron chi connectivity index (χ3n) is 3.35. The van der Waals surface area contributed by atoms with E-state index in [-0.39, 0.29) is 0 Å². The van der Waals surface area contributed by atoms with E-state index in [1.807, 2.05) is 12.4 Å². The summed E-state index contributed by atoms with van der Waals surface area (Å²) >= 11 is 0. The lowest BCUT2D eigenvalue weighted by Gasteiger charge is -2.12. The highest BCUT2D eigenvalue weighted by Crippen LogP contribution is 2.19. The Morgan fingerprint density at radius 2 is 1.88 bits per heavy atom. The van der Waals surface area contributed by atoms with Gasteiger partial charge in [-0.25, -0.2) is 0 Å². The van der Waals surface area contributed by atoms with E-state index >= 15 is 0 Å². The molecule has 1 aromatic rings. The number of allylic oxidation sites excluding steroid dienone is 1. The highest BCUT2D eigenvalue weighted by Gasteiger charge is 2.02. The van der Waals surface area contributed by atoms with Crippen LogP contribution in [0.25, 0.3) is 0 Å². The van der Waals surface area contributed by atoms with Gasteiger partial charge < -0.3 is 5.32 Å². The minimum absolute atomic E-state index is 1.07. The summed E-state index contributed by atoms with van der Waals surface area (Å²) in [4.78, 5) is 4.02. The lowest BCUT2D eigenvalue weighted by molar-refractivity contribution is 0.632. The fraction of sp³-hybridized carbons (Fsp3) is 0.533. The molecule has 0 aliphatic heterocycles. The summed E-state index contributed by atoms with van der Waals surface area (Å²) in [6.45, 7) is 2.19. The molecule has 0 unspecified atom stereocenters. The highest BCUT2D eigenvalue weighted by molar-refractivity contribution is 5.10. The van der Waals surface area contributed by atoms with E-state index < -0.39 is 0 Å². The highest BCUT2D eigenvalue weighted by atomic mass is 14.8. The quantitative estimate of drug-likeness (QED) is 0.600. The van der Waals surface area contributed by atoms with Crippen molar-refractivity contribution < 1.29 is 0 Å². The van der Waals surface area contributed by atoms with Crippen LogP contribution in [0, 0.1) is 0 Å². The Morgan fingerprint density at radius 1 is 1.06 bits per heavy atom. The molecule has 1 aliphatic carbocycles. The second kappa shape index (κ2) is 7.23. The van der Waals surface area contributed by atoms with Gasteiger partial charge in [-0.05, 0) is 69.3 Å². The summed E-state index contributed by atoms with van der Waals surface area (Å²) in [6, 6.07) is 4.18. The normalized spacial score (nSPS) is 15.6. The number of nitrogens with zero attached hydrogens (tertiary/aromatic N) is 1. The molecule has 0 radical (unpaired) electrons. The molecule has 17 heavy (non-hydrogen) atoms. The molecular weight excluding hydrogens is 208 g/mol. The third-order valence-corrected chi connectivity index (χ3v) is 3.35. The predicted octanol–water partition coefficient (Wildman–Crippen LogP) is 3.10. The number of hydrogen-bond acceptors (Lipinski definition) is 2. The third kappa shape index (κ3) is 4.70. The Kier molecular flexibility index (Phi) is 5.24. The second-order valence-corrected chi connectivity index (χ2v) is 4.71. The minimum atomic E-state index is 1.07. The molecule has 0 bridgehead atoms. The van der Waals surface area contributed by atoms with Gasteiger partial charge in [0.2, 0.25) is 0 Å². The molecule has 0 amide bonds. The Labute approximate surface area is 104 Å². The number of pyridine rings is 1. The number of aromatic nitrogens is 1. The molecule has 2 rings (SSSR count). The van der Waals surface area contributed by atoms with E-state index in [2.05, 4.69) is 28.5 Å². The summed E-state index contributed by atoms with van der Waals surface area (Å²) in [5.74, 6) is 0. The Hall–Kier alpha value is -1.15. The Bertz CT molecular complexity index is 343. The van der Waals surface area contributed by atoms with Gasteiger partial charge in [-0.2, -0.15) is 0 Å². The van der Waals surface area contributed by atoms with Crippen LogP contribution in [-0.4, -0.2) is 18.1 Å². The SMILES string of the molecule is C1=C(CCNCCc2ccncc2)CCCC1. The smallest absolute Gasteiger partial charge is 0.0270 e. The van der Waals surface area contributed by atoms with Gasteiger partial charge in [0.25, 0.3) is 0 Å². The molecule has 1 aromatic heterocycles. The van der Waals surface area contributed by atoms with E-state index in [1.54, 1.807) is 5.57 Å².